The predicted octanol–water partition coefficient (Wildman–Crippen LogP) is 3.78. The first-order chi connectivity index (χ1) is 14.0. The fourth-order valence-electron chi connectivity index (χ4n) is 3.51. The third-order valence-corrected chi connectivity index (χ3v) is 5.14. The van der Waals surface area contributed by atoms with Gasteiger partial charge in [0.1, 0.15) is 12.4 Å². The second kappa shape index (κ2) is 9.96. The lowest BCUT2D eigenvalue weighted by Crippen LogP contribution is -2.47. The molecular weight excluding hydrogens is 366 g/mol. The number of likely N-dealkylation sites (N-methyl/N-ethyl adjacent to an activating group) is 1. The third-order valence-electron chi connectivity index (χ3n) is 5.14. The molecule has 0 aromatic heterocycles. The Morgan fingerprint density at radius 1 is 1.17 bits per heavy atom. The number of piperidine rings is 1. The van der Waals surface area contributed by atoms with E-state index in [1.165, 1.54) is 0 Å². The Kier molecular flexibility index (Phi) is 7.11. The number of aryl methyl sites for hydroxylation is 1. The minimum atomic E-state index is -0.172. The summed E-state index contributed by atoms with van der Waals surface area (Å²) in [5.41, 5.74) is 1.90. The number of rotatable bonds is 6. The van der Waals surface area contributed by atoms with Crippen LogP contribution in [0.15, 0.2) is 54.6 Å². The van der Waals surface area contributed by atoms with E-state index in [1.807, 2.05) is 61.5 Å². The van der Waals surface area contributed by atoms with Crippen LogP contribution in [0.4, 0.5) is 10.5 Å². The average Bonchev–Trinajstić information content (AvgIpc) is 2.74. The number of carbonyl (C=O) groups is 2. The van der Waals surface area contributed by atoms with E-state index in [4.69, 9.17) is 4.74 Å². The van der Waals surface area contributed by atoms with Gasteiger partial charge in [0.05, 0.1) is 12.5 Å². The van der Waals surface area contributed by atoms with Crippen molar-refractivity contribution in [1.82, 2.24) is 9.80 Å². The largest absolute Gasteiger partial charge is 0.492 e. The first-order valence-corrected chi connectivity index (χ1v) is 10.1. The first-order valence-electron chi connectivity index (χ1n) is 10.1. The van der Waals surface area contributed by atoms with Gasteiger partial charge in [0.15, 0.2) is 0 Å². The lowest BCUT2D eigenvalue weighted by atomic mass is 9.97. The van der Waals surface area contributed by atoms with Crippen LogP contribution in [-0.4, -0.2) is 55.0 Å². The van der Waals surface area contributed by atoms with Gasteiger partial charge >= 0.3 is 6.03 Å². The average molecular weight is 396 g/mol. The van der Waals surface area contributed by atoms with Crippen molar-refractivity contribution in [2.75, 3.05) is 38.6 Å². The molecule has 0 saturated carbocycles. The number of benzene rings is 2. The molecule has 0 bridgehead atoms. The molecule has 1 fully saturated rings. The maximum atomic E-state index is 12.8. The fraction of sp³-hybridized carbons (Fsp3) is 0.391. The lowest BCUT2D eigenvalue weighted by Gasteiger charge is -2.34. The van der Waals surface area contributed by atoms with Crippen molar-refractivity contribution in [2.45, 2.75) is 19.8 Å². The molecule has 6 heteroatoms. The number of nitrogens with zero attached hydrogens (tertiary/aromatic N) is 2. The van der Waals surface area contributed by atoms with E-state index in [0.717, 1.165) is 29.8 Å². The van der Waals surface area contributed by atoms with Gasteiger partial charge in [0.2, 0.25) is 5.91 Å². The van der Waals surface area contributed by atoms with Gasteiger partial charge in [0, 0.05) is 25.8 Å². The normalized spacial score (nSPS) is 16.2. The second-order valence-corrected chi connectivity index (χ2v) is 7.51. The Labute approximate surface area is 172 Å². The molecule has 0 aliphatic carbocycles. The highest BCUT2D eigenvalue weighted by Crippen LogP contribution is 2.20. The fourth-order valence-corrected chi connectivity index (χ4v) is 3.51. The van der Waals surface area contributed by atoms with Gasteiger partial charge in [-0.25, -0.2) is 4.79 Å². The molecule has 1 aliphatic heterocycles. The van der Waals surface area contributed by atoms with Crippen molar-refractivity contribution in [3.05, 3.63) is 60.2 Å². The molecule has 0 spiro atoms. The van der Waals surface area contributed by atoms with Crippen molar-refractivity contribution < 1.29 is 14.3 Å². The molecular formula is C23H29N3O3. The van der Waals surface area contributed by atoms with Gasteiger partial charge in [-0.1, -0.05) is 30.3 Å². The number of nitrogens with one attached hydrogen (secondary N) is 1. The van der Waals surface area contributed by atoms with E-state index in [1.54, 1.807) is 16.8 Å². The summed E-state index contributed by atoms with van der Waals surface area (Å²) in [6.45, 7) is 4.09. The molecule has 29 heavy (non-hydrogen) atoms. The zero-order chi connectivity index (χ0) is 20.6. The Hall–Kier alpha value is -3.02. The minimum Gasteiger partial charge on any atom is -0.492 e. The topological polar surface area (TPSA) is 61.9 Å². The molecule has 1 aliphatic rings. The monoisotopic (exact) mass is 395 g/mol. The number of hydrogen-bond acceptors (Lipinski definition) is 3. The number of amides is 3. The number of likely N-dealkylation sites (tertiary alicyclic amines) is 1. The summed E-state index contributed by atoms with van der Waals surface area (Å²) >= 11 is 0. The summed E-state index contributed by atoms with van der Waals surface area (Å²) in [5.74, 6) is 0.705. The number of para-hydroxylation sites is 1. The van der Waals surface area contributed by atoms with Crippen LogP contribution in [0.3, 0.4) is 0 Å². The van der Waals surface area contributed by atoms with Gasteiger partial charge in [0.25, 0.3) is 0 Å². The first kappa shape index (κ1) is 20.7. The van der Waals surface area contributed by atoms with Crippen molar-refractivity contribution >= 4 is 17.6 Å². The Morgan fingerprint density at radius 3 is 2.72 bits per heavy atom. The number of anilines is 1. The molecule has 3 amide bonds. The van der Waals surface area contributed by atoms with Crippen molar-refractivity contribution in [3.63, 3.8) is 0 Å². The van der Waals surface area contributed by atoms with Crippen LogP contribution in [0.2, 0.25) is 0 Å². The molecule has 1 unspecified atom stereocenters. The molecule has 6 nitrogen and oxygen atoms in total. The molecule has 154 valence electrons. The minimum absolute atomic E-state index is 0.0649. The molecule has 2 aromatic carbocycles. The maximum Gasteiger partial charge on any atom is 0.321 e. The quantitative estimate of drug-likeness (QED) is 0.810. The zero-order valence-corrected chi connectivity index (χ0v) is 17.1. The highest BCUT2D eigenvalue weighted by atomic mass is 16.5. The number of carbonyl (C=O) groups excluding carboxylic acids is 2. The van der Waals surface area contributed by atoms with E-state index >= 15 is 0 Å². The van der Waals surface area contributed by atoms with E-state index in [0.29, 0.717) is 26.2 Å². The molecule has 0 radical (unpaired) electrons. The van der Waals surface area contributed by atoms with Crippen LogP contribution < -0.4 is 10.1 Å². The smallest absolute Gasteiger partial charge is 0.321 e. The number of urea groups is 1. The highest BCUT2D eigenvalue weighted by molar-refractivity contribution is 5.90. The zero-order valence-electron chi connectivity index (χ0n) is 17.1. The van der Waals surface area contributed by atoms with Crippen molar-refractivity contribution in [2.24, 2.45) is 5.92 Å². The van der Waals surface area contributed by atoms with E-state index in [2.05, 4.69) is 5.32 Å². The third kappa shape index (κ3) is 5.98. The number of hydrogen-bond donors (Lipinski definition) is 1. The molecule has 2 aromatic rings. The Bertz CT molecular complexity index is 825. The van der Waals surface area contributed by atoms with Gasteiger partial charge in [-0.2, -0.15) is 0 Å². The van der Waals surface area contributed by atoms with Crippen LogP contribution >= 0.6 is 0 Å². The van der Waals surface area contributed by atoms with Crippen LogP contribution in [0.25, 0.3) is 0 Å². The lowest BCUT2D eigenvalue weighted by molar-refractivity contribution is -0.135. The molecule has 1 saturated heterocycles. The van der Waals surface area contributed by atoms with E-state index < -0.39 is 0 Å². The Morgan fingerprint density at radius 2 is 1.97 bits per heavy atom. The number of ether oxygens (including phenoxy) is 1. The van der Waals surface area contributed by atoms with E-state index in [9.17, 15) is 9.59 Å². The van der Waals surface area contributed by atoms with Crippen LogP contribution in [0.5, 0.6) is 5.75 Å². The second-order valence-electron chi connectivity index (χ2n) is 7.51. The van der Waals surface area contributed by atoms with Gasteiger partial charge in [-0.05, 0) is 49.6 Å². The predicted molar refractivity (Wildman–Crippen MR) is 114 cm³/mol. The molecule has 1 heterocycles. The van der Waals surface area contributed by atoms with Crippen LogP contribution in [0.1, 0.15) is 18.4 Å². The van der Waals surface area contributed by atoms with Crippen molar-refractivity contribution in [3.8, 4) is 5.75 Å². The maximum absolute atomic E-state index is 12.8. The van der Waals surface area contributed by atoms with Gasteiger partial charge in [-0.15, -0.1) is 0 Å². The summed E-state index contributed by atoms with van der Waals surface area (Å²) in [4.78, 5) is 28.8. The Balaban J connectivity index is 1.47. The summed E-state index contributed by atoms with van der Waals surface area (Å²) in [7, 11) is 1.80. The van der Waals surface area contributed by atoms with Crippen LogP contribution in [0, 0.1) is 12.8 Å². The van der Waals surface area contributed by atoms with Crippen molar-refractivity contribution in [1.29, 1.82) is 0 Å². The summed E-state index contributed by atoms with van der Waals surface area (Å²) in [6.07, 6.45) is 1.63. The molecule has 1 atom stereocenters. The van der Waals surface area contributed by atoms with E-state index in [-0.39, 0.29) is 17.9 Å². The summed E-state index contributed by atoms with van der Waals surface area (Å²) < 4.78 is 5.75. The standard InChI is InChI=1S/C23H29N3O3/c1-18-8-6-12-21(16-18)29-15-14-25(2)22(27)19-9-7-13-26(17-19)23(28)24-20-10-4-3-5-11-20/h3-6,8,10-12,16,19H,7,9,13-15,17H2,1-2H3,(H,24,28). The molecule has 3 rings (SSSR count). The SMILES string of the molecule is Cc1cccc(OCCN(C)C(=O)C2CCCN(C(=O)Nc3ccccc3)C2)c1. The highest BCUT2D eigenvalue weighted by Gasteiger charge is 2.30. The van der Waals surface area contributed by atoms with Gasteiger partial charge in [-0.3, -0.25) is 4.79 Å². The van der Waals surface area contributed by atoms with Gasteiger partial charge < -0.3 is 19.9 Å². The summed E-state index contributed by atoms with van der Waals surface area (Å²) in [5, 5.41) is 2.90. The molecule has 1 N–H and O–H groups in total. The van der Waals surface area contributed by atoms with Crippen LogP contribution in [-0.2, 0) is 4.79 Å². The summed E-state index contributed by atoms with van der Waals surface area (Å²) in [6, 6.07) is 17.1.